The minimum absolute atomic E-state index is 0.0178. The number of carbonyl (C=O) groups is 1. The van der Waals surface area contributed by atoms with Crippen LogP contribution in [-0.2, 0) is 11.2 Å². The molecule has 1 aliphatic rings. The number of piperazine rings is 1. The van der Waals surface area contributed by atoms with E-state index in [0.29, 0.717) is 0 Å². The van der Waals surface area contributed by atoms with Gasteiger partial charge in [-0.2, -0.15) is 0 Å². The predicted molar refractivity (Wildman–Crippen MR) is 76.0 cm³/mol. The fraction of sp³-hybridized carbons (Fsp3) is 0.643. The Morgan fingerprint density at radius 3 is 2.84 bits per heavy atom. The lowest BCUT2D eigenvalue weighted by molar-refractivity contribution is -0.135. The summed E-state index contributed by atoms with van der Waals surface area (Å²) < 4.78 is 0. The molecule has 0 radical (unpaired) electrons. The van der Waals surface area contributed by atoms with Crippen LogP contribution >= 0.6 is 0 Å². The maximum atomic E-state index is 12.4. The number of nitrogens with zero attached hydrogens (tertiary/aromatic N) is 2. The highest BCUT2D eigenvalue weighted by Gasteiger charge is 2.24. The quantitative estimate of drug-likeness (QED) is 0.805. The SMILES string of the molecule is CC(C(=O)N(C)CCc1ccc[nH]1)N1CCNCC1. The smallest absolute Gasteiger partial charge is 0.239 e. The number of amides is 1. The lowest BCUT2D eigenvalue weighted by Gasteiger charge is -2.34. The van der Waals surface area contributed by atoms with Crippen molar-refractivity contribution in [2.75, 3.05) is 39.8 Å². The number of nitrogens with one attached hydrogen (secondary N) is 2. The highest BCUT2D eigenvalue weighted by atomic mass is 16.2. The van der Waals surface area contributed by atoms with Crippen LogP contribution in [0.3, 0.4) is 0 Å². The van der Waals surface area contributed by atoms with E-state index in [1.807, 2.05) is 31.1 Å². The van der Waals surface area contributed by atoms with E-state index in [-0.39, 0.29) is 11.9 Å². The van der Waals surface area contributed by atoms with Crippen molar-refractivity contribution in [2.24, 2.45) is 0 Å². The number of rotatable bonds is 5. The summed E-state index contributed by atoms with van der Waals surface area (Å²) in [7, 11) is 1.89. The number of hydrogen-bond donors (Lipinski definition) is 2. The molecule has 1 aliphatic heterocycles. The Morgan fingerprint density at radius 1 is 1.47 bits per heavy atom. The lowest BCUT2D eigenvalue weighted by Crippen LogP contribution is -2.53. The zero-order valence-electron chi connectivity index (χ0n) is 11.9. The first-order chi connectivity index (χ1) is 9.18. The van der Waals surface area contributed by atoms with Crippen molar-refractivity contribution >= 4 is 5.91 Å². The van der Waals surface area contributed by atoms with Crippen molar-refractivity contribution in [3.63, 3.8) is 0 Å². The summed E-state index contributed by atoms with van der Waals surface area (Å²) >= 11 is 0. The first kappa shape index (κ1) is 14.1. The van der Waals surface area contributed by atoms with Gasteiger partial charge >= 0.3 is 0 Å². The molecular formula is C14H24N4O. The summed E-state index contributed by atoms with van der Waals surface area (Å²) in [6.07, 6.45) is 2.80. The highest BCUT2D eigenvalue weighted by Crippen LogP contribution is 2.05. The molecule has 1 aromatic rings. The van der Waals surface area contributed by atoms with E-state index in [4.69, 9.17) is 0 Å². The molecule has 0 bridgehead atoms. The summed E-state index contributed by atoms with van der Waals surface area (Å²) in [5, 5.41) is 3.31. The minimum atomic E-state index is -0.0178. The molecule has 1 aromatic heterocycles. The largest absolute Gasteiger partial charge is 0.365 e. The van der Waals surface area contributed by atoms with Crippen LogP contribution in [0, 0.1) is 0 Å². The first-order valence-electron chi connectivity index (χ1n) is 7.00. The van der Waals surface area contributed by atoms with E-state index in [1.54, 1.807) is 0 Å². The molecule has 0 aliphatic carbocycles. The molecule has 1 amide bonds. The van der Waals surface area contributed by atoms with Crippen LogP contribution in [0.4, 0.5) is 0 Å². The molecule has 1 atom stereocenters. The Morgan fingerprint density at radius 2 is 2.21 bits per heavy atom. The van der Waals surface area contributed by atoms with Gasteiger partial charge in [-0.1, -0.05) is 0 Å². The molecule has 19 heavy (non-hydrogen) atoms. The molecule has 2 heterocycles. The number of H-pyrrole nitrogens is 1. The van der Waals surface area contributed by atoms with Crippen molar-refractivity contribution in [3.8, 4) is 0 Å². The van der Waals surface area contributed by atoms with Gasteiger partial charge in [0.1, 0.15) is 0 Å². The van der Waals surface area contributed by atoms with Crippen molar-refractivity contribution in [2.45, 2.75) is 19.4 Å². The number of aromatic nitrogens is 1. The summed E-state index contributed by atoms with van der Waals surface area (Å²) in [6, 6.07) is 4.02. The second-order valence-corrected chi connectivity index (χ2v) is 5.17. The number of aromatic amines is 1. The predicted octanol–water partition coefficient (Wildman–Crippen LogP) is 0.309. The van der Waals surface area contributed by atoms with Gasteiger partial charge in [0, 0.05) is 58.1 Å². The Hall–Kier alpha value is -1.33. The van der Waals surface area contributed by atoms with Gasteiger partial charge in [0.15, 0.2) is 0 Å². The van der Waals surface area contributed by atoms with Gasteiger partial charge in [-0.15, -0.1) is 0 Å². The topological polar surface area (TPSA) is 51.4 Å². The maximum Gasteiger partial charge on any atom is 0.239 e. The van der Waals surface area contributed by atoms with Crippen molar-refractivity contribution in [3.05, 3.63) is 24.0 Å². The second-order valence-electron chi connectivity index (χ2n) is 5.17. The average Bonchev–Trinajstić information content (AvgIpc) is 2.97. The van der Waals surface area contributed by atoms with E-state index >= 15 is 0 Å². The maximum absolute atomic E-state index is 12.4. The van der Waals surface area contributed by atoms with Gasteiger partial charge in [-0.3, -0.25) is 9.69 Å². The van der Waals surface area contributed by atoms with Crippen molar-refractivity contribution in [1.29, 1.82) is 0 Å². The van der Waals surface area contributed by atoms with Crippen LogP contribution in [0.2, 0.25) is 0 Å². The summed E-state index contributed by atoms with van der Waals surface area (Å²) in [5.41, 5.74) is 1.18. The fourth-order valence-corrected chi connectivity index (χ4v) is 2.47. The number of carbonyl (C=O) groups excluding carboxylic acids is 1. The standard InChI is InChI=1S/C14H24N4O/c1-12(18-10-7-15-8-11-18)14(19)17(2)9-5-13-4-3-6-16-13/h3-4,6,12,15-16H,5,7-11H2,1-2H3. The number of likely N-dealkylation sites (N-methyl/N-ethyl adjacent to an activating group) is 1. The van der Waals surface area contributed by atoms with Gasteiger partial charge in [-0.25, -0.2) is 0 Å². The molecule has 1 unspecified atom stereocenters. The average molecular weight is 264 g/mol. The van der Waals surface area contributed by atoms with E-state index in [2.05, 4.69) is 21.3 Å². The van der Waals surface area contributed by atoms with Crippen molar-refractivity contribution < 1.29 is 4.79 Å². The first-order valence-corrected chi connectivity index (χ1v) is 7.00. The molecule has 5 heteroatoms. The van der Waals surface area contributed by atoms with Crippen molar-refractivity contribution in [1.82, 2.24) is 20.1 Å². The van der Waals surface area contributed by atoms with E-state index in [9.17, 15) is 4.79 Å². The van der Waals surface area contributed by atoms with Crippen LogP contribution in [0.25, 0.3) is 0 Å². The lowest BCUT2D eigenvalue weighted by atomic mass is 10.2. The van der Waals surface area contributed by atoms with Crippen LogP contribution in [0.15, 0.2) is 18.3 Å². The Labute approximate surface area is 115 Å². The second kappa shape index (κ2) is 6.73. The van der Waals surface area contributed by atoms with Gasteiger partial charge in [-0.05, 0) is 19.1 Å². The van der Waals surface area contributed by atoms with Crippen LogP contribution in [-0.4, -0.2) is 66.5 Å². The normalized spacial score (nSPS) is 18.2. The van der Waals surface area contributed by atoms with Gasteiger partial charge in [0.05, 0.1) is 6.04 Å². The molecule has 106 valence electrons. The van der Waals surface area contributed by atoms with E-state index in [0.717, 1.165) is 39.1 Å². The highest BCUT2D eigenvalue weighted by molar-refractivity contribution is 5.81. The van der Waals surface area contributed by atoms with E-state index in [1.165, 1.54) is 5.69 Å². The summed E-state index contributed by atoms with van der Waals surface area (Å²) in [6.45, 7) is 6.64. The zero-order valence-corrected chi connectivity index (χ0v) is 11.9. The van der Waals surface area contributed by atoms with Gasteiger partial charge in [0.2, 0.25) is 5.91 Å². The monoisotopic (exact) mass is 264 g/mol. The Kier molecular flexibility index (Phi) is 4.99. The molecule has 2 N–H and O–H groups in total. The van der Waals surface area contributed by atoms with E-state index < -0.39 is 0 Å². The third-order valence-corrected chi connectivity index (χ3v) is 3.81. The third-order valence-electron chi connectivity index (χ3n) is 3.81. The molecule has 0 spiro atoms. The molecule has 2 rings (SSSR count). The van der Waals surface area contributed by atoms with Crippen LogP contribution in [0.1, 0.15) is 12.6 Å². The third kappa shape index (κ3) is 3.81. The molecule has 1 saturated heterocycles. The minimum Gasteiger partial charge on any atom is -0.365 e. The van der Waals surface area contributed by atoms with Gasteiger partial charge in [0.25, 0.3) is 0 Å². The van der Waals surface area contributed by atoms with Crippen LogP contribution in [0.5, 0.6) is 0 Å². The summed E-state index contributed by atoms with van der Waals surface area (Å²) in [4.78, 5) is 19.6. The Bertz CT molecular complexity index is 384. The van der Waals surface area contributed by atoms with Gasteiger partial charge < -0.3 is 15.2 Å². The fourth-order valence-electron chi connectivity index (χ4n) is 2.47. The zero-order chi connectivity index (χ0) is 13.7. The molecule has 5 nitrogen and oxygen atoms in total. The molecule has 0 saturated carbocycles. The molecular weight excluding hydrogens is 240 g/mol. The Balaban J connectivity index is 1.80. The summed E-state index contributed by atoms with van der Waals surface area (Å²) in [5.74, 6) is 0.216. The molecule has 1 fully saturated rings. The number of hydrogen-bond acceptors (Lipinski definition) is 3. The van der Waals surface area contributed by atoms with Crippen LogP contribution < -0.4 is 5.32 Å². The molecule has 0 aromatic carbocycles.